The number of hydrogen-bond donors (Lipinski definition) is 0. The molecule has 0 spiro atoms. The van der Waals surface area contributed by atoms with E-state index in [2.05, 4.69) is 9.72 Å². The Labute approximate surface area is 134 Å². The fourth-order valence-corrected chi connectivity index (χ4v) is 2.06. The van der Waals surface area contributed by atoms with Crippen LogP contribution in [-0.4, -0.2) is 16.6 Å². The van der Waals surface area contributed by atoms with Crippen molar-refractivity contribution in [3.8, 4) is 11.6 Å². The van der Waals surface area contributed by atoms with Crippen LogP contribution in [0.25, 0.3) is 0 Å². The van der Waals surface area contributed by atoms with Gasteiger partial charge in [-0.2, -0.15) is 0 Å². The van der Waals surface area contributed by atoms with Crippen molar-refractivity contribution in [3.63, 3.8) is 0 Å². The Kier molecular flexibility index (Phi) is 5.10. The minimum absolute atomic E-state index is 0.102. The van der Waals surface area contributed by atoms with E-state index in [9.17, 15) is 18.0 Å². The van der Waals surface area contributed by atoms with Gasteiger partial charge in [-0.25, -0.2) is 4.98 Å². The smallest absolute Gasteiger partial charge is 0.472 e. The van der Waals surface area contributed by atoms with E-state index in [1.165, 1.54) is 18.3 Å². The van der Waals surface area contributed by atoms with E-state index in [-0.39, 0.29) is 23.6 Å². The second-order valence-corrected chi connectivity index (χ2v) is 4.86. The zero-order valence-corrected chi connectivity index (χ0v) is 12.6. The summed E-state index contributed by atoms with van der Waals surface area (Å²) >= 11 is 5.42. The topological polar surface area (TPSA) is 48.4 Å². The summed E-state index contributed by atoms with van der Waals surface area (Å²) in [4.78, 5) is 15.4. The highest BCUT2D eigenvalue weighted by molar-refractivity contribution is 6.68. The largest absolute Gasteiger partial charge is 0.573 e. The number of carbonyl (C=O) groups excluding carboxylic acids is 1. The first-order valence-electron chi connectivity index (χ1n) is 6.40. The summed E-state index contributed by atoms with van der Waals surface area (Å²) in [5, 5.41) is -0.908. The van der Waals surface area contributed by atoms with E-state index in [0.29, 0.717) is 5.56 Å². The van der Waals surface area contributed by atoms with Crippen molar-refractivity contribution >= 4 is 16.8 Å². The molecule has 0 atom stereocenters. The zero-order chi connectivity index (χ0) is 17.0. The summed E-state index contributed by atoms with van der Waals surface area (Å²) in [6.45, 7) is 1.38. The van der Waals surface area contributed by atoms with E-state index < -0.39 is 17.4 Å². The minimum atomic E-state index is -4.90. The second-order valence-electron chi connectivity index (χ2n) is 4.52. The number of halogens is 4. The van der Waals surface area contributed by atoms with Crippen molar-refractivity contribution in [1.29, 1.82) is 0 Å². The zero-order valence-electron chi connectivity index (χ0n) is 11.9. The van der Waals surface area contributed by atoms with Crippen molar-refractivity contribution in [1.82, 2.24) is 4.98 Å². The normalized spacial score (nSPS) is 11.2. The molecule has 0 fully saturated rings. The minimum Gasteiger partial charge on any atom is -0.472 e. The molecule has 0 aliphatic heterocycles. The number of aromatic nitrogens is 1. The lowest BCUT2D eigenvalue weighted by Gasteiger charge is -2.16. The highest BCUT2D eigenvalue weighted by Crippen LogP contribution is 2.30. The van der Waals surface area contributed by atoms with Crippen molar-refractivity contribution in [2.45, 2.75) is 19.9 Å². The van der Waals surface area contributed by atoms with Gasteiger partial charge in [-0.15, -0.1) is 13.2 Å². The maximum Gasteiger partial charge on any atom is 0.573 e. The summed E-state index contributed by atoms with van der Waals surface area (Å²) in [5.74, 6) is -0.306. The molecule has 1 heterocycles. The molecule has 122 valence electrons. The van der Waals surface area contributed by atoms with Crippen LogP contribution in [0.2, 0.25) is 0 Å². The molecule has 0 aliphatic rings. The van der Waals surface area contributed by atoms with Crippen molar-refractivity contribution in [2.24, 2.45) is 0 Å². The van der Waals surface area contributed by atoms with Gasteiger partial charge < -0.3 is 9.47 Å². The fourth-order valence-electron chi connectivity index (χ4n) is 1.88. The van der Waals surface area contributed by atoms with E-state index in [1.807, 2.05) is 0 Å². The number of rotatable bonds is 5. The third-order valence-corrected chi connectivity index (χ3v) is 3.09. The average Bonchev–Trinajstić information content (AvgIpc) is 2.45. The Hall–Kier alpha value is -2.28. The van der Waals surface area contributed by atoms with Crippen LogP contribution in [0.4, 0.5) is 13.2 Å². The Morgan fingerprint density at radius 2 is 2.00 bits per heavy atom. The maximum atomic E-state index is 12.5. The Morgan fingerprint density at radius 3 is 2.61 bits per heavy atom. The number of pyridine rings is 1. The van der Waals surface area contributed by atoms with E-state index >= 15 is 0 Å². The Morgan fingerprint density at radius 1 is 1.26 bits per heavy atom. The maximum absolute atomic E-state index is 12.5. The van der Waals surface area contributed by atoms with Gasteiger partial charge in [0, 0.05) is 22.9 Å². The predicted octanol–water partition coefficient (Wildman–Crippen LogP) is 4.25. The molecule has 0 radical (unpaired) electrons. The molecule has 1 aromatic carbocycles. The predicted molar refractivity (Wildman–Crippen MR) is 76.6 cm³/mol. The average molecular weight is 346 g/mol. The lowest BCUT2D eigenvalue weighted by molar-refractivity contribution is -0.275. The Balaban J connectivity index is 2.34. The molecule has 8 heteroatoms. The first kappa shape index (κ1) is 17.1. The summed E-state index contributed by atoms with van der Waals surface area (Å²) in [5.41, 5.74) is 0.470. The van der Waals surface area contributed by atoms with Gasteiger partial charge in [0.15, 0.2) is 0 Å². The molecule has 4 nitrogen and oxygen atoms in total. The summed E-state index contributed by atoms with van der Waals surface area (Å²) < 4.78 is 46.8. The number of aryl methyl sites for hydroxylation is 1. The van der Waals surface area contributed by atoms with Crippen LogP contribution in [0.1, 0.15) is 21.5 Å². The first-order valence-corrected chi connectivity index (χ1v) is 6.77. The standard InChI is InChI=1S/C15H11ClF3NO3/c1-9-4-3-7-20-14(9)22-8-11-10(13(16)21)5-2-6-12(11)23-15(17,18)19/h2-7H,8H2,1H3. The van der Waals surface area contributed by atoms with Gasteiger partial charge in [-0.1, -0.05) is 12.1 Å². The monoisotopic (exact) mass is 345 g/mol. The fraction of sp³-hybridized carbons (Fsp3) is 0.200. The quantitative estimate of drug-likeness (QED) is 0.760. The molecule has 0 bridgehead atoms. The second kappa shape index (κ2) is 6.87. The molecule has 1 aromatic heterocycles. The molecule has 2 rings (SSSR count). The van der Waals surface area contributed by atoms with Crippen LogP contribution >= 0.6 is 11.6 Å². The van der Waals surface area contributed by atoms with Gasteiger partial charge in [0.25, 0.3) is 5.24 Å². The first-order chi connectivity index (χ1) is 10.8. The van der Waals surface area contributed by atoms with Gasteiger partial charge >= 0.3 is 6.36 Å². The van der Waals surface area contributed by atoms with Crippen molar-refractivity contribution < 1.29 is 27.4 Å². The molecular formula is C15H11ClF3NO3. The van der Waals surface area contributed by atoms with E-state index in [4.69, 9.17) is 16.3 Å². The highest BCUT2D eigenvalue weighted by Gasteiger charge is 2.33. The van der Waals surface area contributed by atoms with Crippen LogP contribution in [-0.2, 0) is 6.61 Å². The van der Waals surface area contributed by atoms with Crippen molar-refractivity contribution in [3.05, 3.63) is 53.2 Å². The molecule has 2 aromatic rings. The van der Waals surface area contributed by atoms with Gasteiger partial charge in [-0.3, -0.25) is 4.79 Å². The van der Waals surface area contributed by atoms with E-state index in [1.54, 1.807) is 19.1 Å². The van der Waals surface area contributed by atoms with Gasteiger partial charge in [0.1, 0.15) is 12.4 Å². The summed E-state index contributed by atoms with van der Waals surface area (Å²) in [7, 11) is 0. The number of alkyl halides is 3. The number of carbonyl (C=O) groups is 1. The van der Waals surface area contributed by atoms with Crippen LogP contribution in [0.15, 0.2) is 36.5 Å². The van der Waals surface area contributed by atoms with Gasteiger partial charge in [0.2, 0.25) is 5.88 Å². The molecule has 0 N–H and O–H groups in total. The third kappa shape index (κ3) is 4.59. The molecule has 0 saturated carbocycles. The summed E-state index contributed by atoms with van der Waals surface area (Å²) in [6.07, 6.45) is -3.42. The van der Waals surface area contributed by atoms with E-state index in [0.717, 1.165) is 6.07 Å². The van der Waals surface area contributed by atoms with Crippen LogP contribution in [0, 0.1) is 6.92 Å². The van der Waals surface area contributed by atoms with Crippen molar-refractivity contribution in [2.75, 3.05) is 0 Å². The molecule has 23 heavy (non-hydrogen) atoms. The molecule has 0 aliphatic carbocycles. The number of benzene rings is 1. The Bertz CT molecular complexity index is 719. The third-order valence-electron chi connectivity index (χ3n) is 2.89. The highest BCUT2D eigenvalue weighted by atomic mass is 35.5. The number of nitrogens with zero attached hydrogens (tertiary/aromatic N) is 1. The van der Waals surface area contributed by atoms with Crippen LogP contribution in [0.3, 0.4) is 0 Å². The molecule has 0 amide bonds. The number of ether oxygens (including phenoxy) is 2. The van der Waals surface area contributed by atoms with Gasteiger partial charge in [0.05, 0.1) is 0 Å². The lowest BCUT2D eigenvalue weighted by Crippen LogP contribution is -2.19. The van der Waals surface area contributed by atoms with Gasteiger partial charge in [-0.05, 0) is 36.7 Å². The van der Waals surface area contributed by atoms with Crippen LogP contribution in [0.5, 0.6) is 11.6 Å². The SMILES string of the molecule is Cc1cccnc1OCc1c(OC(F)(F)F)cccc1C(=O)Cl. The lowest BCUT2D eigenvalue weighted by atomic mass is 10.1. The number of hydrogen-bond acceptors (Lipinski definition) is 4. The molecule has 0 saturated heterocycles. The van der Waals surface area contributed by atoms with Crippen LogP contribution < -0.4 is 9.47 Å². The molecular weight excluding hydrogens is 335 g/mol. The molecule has 0 unspecified atom stereocenters. The summed E-state index contributed by atoms with van der Waals surface area (Å²) in [6, 6.07) is 7.04.